The SMILES string of the molecule is O=C(NC1CCN(C(=O)CCCCCc2cccs2)CC1)c1ccccc1F. The monoisotopic (exact) mass is 402 g/mol. The molecule has 1 fully saturated rings. The first kappa shape index (κ1) is 20.5. The molecule has 0 spiro atoms. The highest BCUT2D eigenvalue weighted by Crippen LogP contribution is 2.16. The van der Waals surface area contributed by atoms with Gasteiger partial charge in [-0.2, -0.15) is 0 Å². The smallest absolute Gasteiger partial charge is 0.254 e. The van der Waals surface area contributed by atoms with E-state index in [1.54, 1.807) is 23.5 Å². The number of aryl methyl sites for hydroxylation is 1. The van der Waals surface area contributed by atoms with Crippen LogP contribution in [0.15, 0.2) is 41.8 Å². The van der Waals surface area contributed by atoms with E-state index in [2.05, 4.69) is 22.8 Å². The Balaban J connectivity index is 1.32. The van der Waals surface area contributed by atoms with Gasteiger partial charge < -0.3 is 10.2 Å². The molecule has 1 aromatic heterocycles. The minimum Gasteiger partial charge on any atom is -0.349 e. The Kier molecular flexibility index (Phi) is 7.60. The lowest BCUT2D eigenvalue weighted by Crippen LogP contribution is -2.46. The molecule has 6 heteroatoms. The molecule has 0 atom stereocenters. The van der Waals surface area contributed by atoms with E-state index in [1.165, 1.54) is 17.0 Å². The van der Waals surface area contributed by atoms with Crippen LogP contribution in [0.3, 0.4) is 0 Å². The Morgan fingerprint density at radius 3 is 2.57 bits per heavy atom. The van der Waals surface area contributed by atoms with Crippen molar-refractivity contribution < 1.29 is 14.0 Å². The summed E-state index contributed by atoms with van der Waals surface area (Å²) in [7, 11) is 0. The number of carbonyl (C=O) groups is 2. The highest BCUT2D eigenvalue weighted by Gasteiger charge is 2.24. The molecule has 2 heterocycles. The molecule has 28 heavy (non-hydrogen) atoms. The van der Waals surface area contributed by atoms with Gasteiger partial charge in [-0.05, 0) is 55.7 Å². The van der Waals surface area contributed by atoms with E-state index in [-0.39, 0.29) is 23.4 Å². The molecule has 4 nitrogen and oxygen atoms in total. The minimum atomic E-state index is -0.508. The molecule has 3 rings (SSSR count). The number of piperidine rings is 1. The van der Waals surface area contributed by atoms with Gasteiger partial charge in [0.25, 0.3) is 5.91 Å². The molecular formula is C22H27FN2O2S. The van der Waals surface area contributed by atoms with E-state index in [0.29, 0.717) is 32.4 Å². The van der Waals surface area contributed by atoms with E-state index >= 15 is 0 Å². The van der Waals surface area contributed by atoms with Crippen LogP contribution in [-0.4, -0.2) is 35.8 Å². The third kappa shape index (κ3) is 5.89. The summed E-state index contributed by atoms with van der Waals surface area (Å²) in [6.07, 6.45) is 6.23. The second kappa shape index (κ2) is 10.4. The summed E-state index contributed by atoms with van der Waals surface area (Å²) in [6.45, 7) is 1.30. The Bertz CT molecular complexity index is 771. The number of nitrogens with zero attached hydrogens (tertiary/aromatic N) is 1. The largest absolute Gasteiger partial charge is 0.349 e. The Hall–Kier alpha value is -2.21. The molecule has 0 bridgehead atoms. The number of benzene rings is 1. The lowest BCUT2D eigenvalue weighted by atomic mass is 10.0. The van der Waals surface area contributed by atoms with E-state index in [9.17, 15) is 14.0 Å². The van der Waals surface area contributed by atoms with Crippen molar-refractivity contribution in [3.05, 3.63) is 58.0 Å². The van der Waals surface area contributed by atoms with Gasteiger partial charge in [0.05, 0.1) is 5.56 Å². The van der Waals surface area contributed by atoms with Crippen molar-refractivity contribution in [3.8, 4) is 0 Å². The second-order valence-electron chi connectivity index (χ2n) is 7.25. The third-order valence-electron chi connectivity index (χ3n) is 5.20. The number of hydrogen-bond donors (Lipinski definition) is 1. The van der Waals surface area contributed by atoms with Crippen molar-refractivity contribution in [2.24, 2.45) is 0 Å². The predicted molar refractivity (Wildman–Crippen MR) is 110 cm³/mol. The maximum Gasteiger partial charge on any atom is 0.254 e. The fourth-order valence-corrected chi connectivity index (χ4v) is 4.30. The average Bonchev–Trinajstić information content (AvgIpc) is 3.22. The van der Waals surface area contributed by atoms with E-state index < -0.39 is 5.82 Å². The van der Waals surface area contributed by atoms with Crippen LogP contribution in [0.1, 0.15) is 53.8 Å². The van der Waals surface area contributed by atoms with Gasteiger partial charge >= 0.3 is 0 Å². The zero-order valence-corrected chi connectivity index (χ0v) is 16.8. The molecule has 1 aromatic carbocycles. The van der Waals surface area contributed by atoms with Crippen molar-refractivity contribution in [2.45, 2.75) is 51.0 Å². The molecule has 0 radical (unpaired) electrons. The summed E-state index contributed by atoms with van der Waals surface area (Å²) in [6, 6.07) is 10.2. The first-order chi connectivity index (χ1) is 13.6. The number of unbranched alkanes of at least 4 members (excludes halogenated alkanes) is 2. The molecule has 2 amide bonds. The van der Waals surface area contributed by atoms with Crippen molar-refractivity contribution in [1.82, 2.24) is 10.2 Å². The van der Waals surface area contributed by atoms with Gasteiger partial charge in [-0.25, -0.2) is 4.39 Å². The fourth-order valence-electron chi connectivity index (χ4n) is 3.55. The maximum atomic E-state index is 13.7. The second-order valence-corrected chi connectivity index (χ2v) is 8.28. The van der Waals surface area contributed by atoms with Crippen LogP contribution in [0.5, 0.6) is 0 Å². The Labute approximate surface area is 169 Å². The van der Waals surface area contributed by atoms with Gasteiger partial charge in [0, 0.05) is 30.4 Å². The number of amides is 2. The Morgan fingerprint density at radius 1 is 1.07 bits per heavy atom. The van der Waals surface area contributed by atoms with Gasteiger partial charge in [-0.1, -0.05) is 24.6 Å². The molecule has 1 aliphatic heterocycles. The first-order valence-electron chi connectivity index (χ1n) is 9.99. The van der Waals surface area contributed by atoms with Crippen LogP contribution in [0.25, 0.3) is 0 Å². The van der Waals surface area contributed by atoms with E-state index in [1.807, 2.05) is 4.90 Å². The van der Waals surface area contributed by atoms with Gasteiger partial charge in [0.2, 0.25) is 5.91 Å². The van der Waals surface area contributed by atoms with E-state index in [0.717, 1.165) is 25.7 Å². The lowest BCUT2D eigenvalue weighted by molar-refractivity contribution is -0.132. The fraction of sp³-hybridized carbons (Fsp3) is 0.455. The maximum absolute atomic E-state index is 13.7. The summed E-state index contributed by atoms with van der Waals surface area (Å²) in [4.78, 5) is 27.9. The summed E-state index contributed by atoms with van der Waals surface area (Å²) >= 11 is 1.79. The number of carbonyl (C=O) groups excluding carboxylic acids is 2. The third-order valence-corrected chi connectivity index (χ3v) is 6.13. The van der Waals surface area contributed by atoms with Crippen molar-refractivity contribution in [1.29, 1.82) is 0 Å². The number of rotatable bonds is 8. The Morgan fingerprint density at radius 2 is 1.86 bits per heavy atom. The predicted octanol–water partition coefficient (Wildman–Crippen LogP) is 4.41. The molecule has 1 aliphatic rings. The zero-order chi connectivity index (χ0) is 19.8. The molecule has 2 aromatic rings. The number of nitrogens with one attached hydrogen (secondary N) is 1. The van der Waals surface area contributed by atoms with Crippen LogP contribution in [-0.2, 0) is 11.2 Å². The molecule has 0 unspecified atom stereocenters. The van der Waals surface area contributed by atoms with Crippen LogP contribution in [0.4, 0.5) is 4.39 Å². The summed E-state index contributed by atoms with van der Waals surface area (Å²) in [5, 5.41) is 4.99. The normalized spacial score (nSPS) is 14.8. The number of hydrogen-bond acceptors (Lipinski definition) is 3. The average molecular weight is 403 g/mol. The summed E-state index contributed by atoms with van der Waals surface area (Å²) < 4.78 is 13.7. The standard InChI is InChI=1S/C22H27FN2O2S/c23-20-10-5-4-9-19(20)22(27)24-17-12-14-25(15-13-17)21(26)11-3-1-2-7-18-8-6-16-28-18/h4-6,8-10,16-17H,1-3,7,11-15H2,(H,24,27). The number of thiophene rings is 1. The summed E-state index contributed by atoms with van der Waals surface area (Å²) in [5.74, 6) is -0.685. The van der Waals surface area contributed by atoms with Crippen LogP contribution < -0.4 is 5.32 Å². The van der Waals surface area contributed by atoms with Crippen LogP contribution >= 0.6 is 11.3 Å². The minimum absolute atomic E-state index is 0.0121. The molecule has 150 valence electrons. The summed E-state index contributed by atoms with van der Waals surface area (Å²) in [5.41, 5.74) is 0.0727. The molecule has 0 aliphatic carbocycles. The van der Waals surface area contributed by atoms with Crippen molar-refractivity contribution >= 4 is 23.2 Å². The first-order valence-corrected chi connectivity index (χ1v) is 10.9. The van der Waals surface area contributed by atoms with Crippen molar-refractivity contribution in [3.63, 3.8) is 0 Å². The topological polar surface area (TPSA) is 49.4 Å². The highest BCUT2D eigenvalue weighted by atomic mass is 32.1. The van der Waals surface area contributed by atoms with Gasteiger partial charge in [0.1, 0.15) is 5.82 Å². The molecular weight excluding hydrogens is 375 g/mol. The van der Waals surface area contributed by atoms with Gasteiger partial charge in [-0.15, -0.1) is 11.3 Å². The van der Waals surface area contributed by atoms with Crippen LogP contribution in [0.2, 0.25) is 0 Å². The number of halogens is 1. The van der Waals surface area contributed by atoms with E-state index in [4.69, 9.17) is 0 Å². The van der Waals surface area contributed by atoms with Gasteiger partial charge in [-0.3, -0.25) is 9.59 Å². The highest BCUT2D eigenvalue weighted by molar-refractivity contribution is 7.09. The quantitative estimate of drug-likeness (QED) is 0.665. The van der Waals surface area contributed by atoms with Crippen molar-refractivity contribution in [2.75, 3.05) is 13.1 Å². The molecule has 0 saturated carbocycles. The zero-order valence-electron chi connectivity index (χ0n) is 16.0. The van der Waals surface area contributed by atoms with Gasteiger partial charge in [0.15, 0.2) is 0 Å². The number of likely N-dealkylation sites (tertiary alicyclic amines) is 1. The molecule has 1 saturated heterocycles. The van der Waals surface area contributed by atoms with Crippen LogP contribution in [0, 0.1) is 5.82 Å². The lowest BCUT2D eigenvalue weighted by Gasteiger charge is -2.32. The molecule has 1 N–H and O–H groups in total.